The average molecular weight is 306 g/mol. The van der Waals surface area contributed by atoms with Gasteiger partial charge in [0.2, 0.25) is 0 Å². The van der Waals surface area contributed by atoms with Crippen LogP contribution in [0.1, 0.15) is 29.8 Å². The van der Waals surface area contributed by atoms with E-state index in [9.17, 15) is 0 Å². The molecule has 0 aliphatic rings. The average Bonchev–Trinajstić information content (AvgIpc) is 2.45. The predicted molar refractivity (Wildman–Crippen MR) is 80.7 cm³/mol. The highest BCUT2D eigenvalue weighted by molar-refractivity contribution is 6.35. The molecule has 1 N–H and O–H groups in total. The maximum atomic E-state index is 9.00. The first kappa shape index (κ1) is 14.8. The first-order valence-corrected chi connectivity index (χ1v) is 6.89. The number of aromatic nitrogens is 1. The quantitative estimate of drug-likeness (QED) is 0.924. The zero-order valence-corrected chi connectivity index (χ0v) is 12.4. The zero-order valence-electron chi connectivity index (χ0n) is 10.9. The molecule has 102 valence electrons. The summed E-state index contributed by atoms with van der Waals surface area (Å²) in [7, 11) is 0. The fourth-order valence-corrected chi connectivity index (χ4v) is 2.48. The lowest BCUT2D eigenvalue weighted by atomic mass is 10.1. The number of benzene rings is 1. The van der Waals surface area contributed by atoms with Crippen LogP contribution in [0, 0.1) is 11.3 Å². The molecule has 5 heteroatoms. The van der Waals surface area contributed by atoms with Gasteiger partial charge in [-0.3, -0.25) is 0 Å². The van der Waals surface area contributed by atoms with E-state index < -0.39 is 0 Å². The second kappa shape index (κ2) is 6.71. The molecule has 2 rings (SSSR count). The number of nitriles is 1. The molecule has 1 unspecified atom stereocenters. The molecule has 0 radical (unpaired) electrons. The molecule has 1 heterocycles. The molecule has 20 heavy (non-hydrogen) atoms. The largest absolute Gasteiger partial charge is 0.306 e. The van der Waals surface area contributed by atoms with E-state index in [1.165, 1.54) is 0 Å². The maximum Gasteiger partial charge on any atom is 0.144 e. The summed E-state index contributed by atoms with van der Waals surface area (Å²) in [5, 5.41) is 13.6. The van der Waals surface area contributed by atoms with E-state index in [4.69, 9.17) is 28.5 Å². The van der Waals surface area contributed by atoms with Crippen LogP contribution in [-0.2, 0) is 6.54 Å². The Bertz CT molecular complexity index is 650. The Labute approximate surface area is 128 Å². The summed E-state index contributed by atoms with van der Waals surface area (Å²) < 4.78 is 0. The van der Waals surface area contributed by atoms with E-state index in [2.05, 4.69) is 16.4 Å². The molecule has 0 aliphatic heterocycles. The fourth-order valence-electron chi connectivity index (χ4n) is 1.91. The number of nitrogens with one attached hydrogen (secondary N) is 1. The van der Waals surface area contributed by atoms with Crippen LogP contribution >= 0.6 is 23.2 Å². The summed E-state index contributed by atoms with van der Waals surface area (Å²) in [6.45, 7) is 2.56. The predicted octanol–water partition coefficient (Wildman–Crippen LogP) is 4.11. The van der Waals surface area contributed by atoms with Gasteiger partial charge in [0.25, 0.3) is 0 Å². The maximum absolute atomic E-state index is 9.00. The smallest absolute Gasteiger partial charge is 0.144 e. The summed E-state index contributed by atoms with van der Waals surface area (Å²) in [6.07, 6.45) is 1.61. The minimum atomic E-state index is 0.0477. The summed E-state index contributed by atoms with van der Waals surface area (Å²) in [5.74, 6) is 0. The summed E-state index contributed by atoms with van der Waals surface area (Å²) in [6, 6.07) is 11.3. The van der Waals surface area contributed by atoms with E-state index in [-0.39, 0.29) is 6.04 Å². The highest BCUT2D eigenvalue weighted by Gasteiger charge is 2.11. The molecule has 0 spiro atoms. The lowest BCUT2D eigenvalue weighted by Crippen LogP contribution is -2.19. The topological polar surface area (TPSA) is 48.7 Å². The summed E-state index contributed by atoms with van der Waals surface area (Å²) in [4.78, 5) is 4.03. The van der Waals surface area contributed by atoms with Crippen molar-refractivity contribution >= 4 is 23.2 Å². The van der Waals surface area contributed by atoms with Gasteiger partial charge in [0.15, 0.2) is 0 Å². The molecular weight excluding hydrogens is 293 g/mol. The Morgan fingerprint density at radius 1 is 1.35 bits per heavy atom. The van der Waals surface area contributed by atoms with Gasteiger partial charge in [0.05, 0.1) is 0 Å². The molecule has 1 aromatic carbocycles. The van der Waals surface area contributed by atoms with Gasteiger partial charge in [-0.1, -0.05) is 35.3 Å². The van der Waals surface area contributed by atoms with Gasteiger partial charge < -0.3 is 5.32 Å². The highest BCUT2D eigenvalue weighted by atomic mass is 35.5. The van der Waals surface area contributed by atoms with E-state index >= 15 is 0 Å². The van der Waals surface area contributed by atoms with Crippen LogP contribution in [0.2, 0.25) is 10.0 Å². The Balaban J connectivity index is 2.09. The van der Waals surface area contributed by atoms with Crippen molar-refractivity contribution < 1.29 is 0 Å². The molecule has 0 bridgehead atoms. The van der Waals surface area contributed by atoms with Gasteiger partial charge in [-0.05, 0) is 30.7 Å². The number of hydrogen-bond acceptors (Lipinski definition) is 3. The molecule has 0 fully saturated rings. The Morgan fingerprint density at radius 2 is 2.15 bits per heavy atom. The third kappa shape index (κ3) is 3.49. The summed E-state index contributed by atoms with van der Waals surface area (Å²) >= 11 is 12.1. The minimum absolute atomic E-state index is 0.0477. The molecule has 0 aliphatic carbocycles. The molecule has 2 aromatic rings. The second-order valence-electron chi connectivity index (χ2n) is 4.39. The Hall–Kier alpha value is -1.60. The molecule has 0 saturated heterocycles. The molecule has 1 atom stereocenters. The van der Waals surface area contributed by atoms with Crippen LogP contribution in [0.5, 0.6) is 0 Å². The van der Waals surface area contributed by atoms with Crippen molar-refractivity contribution in [1.82, 2.24) is 10.3 Å². The third-order valence-corrected chi connectivity index (χ3v) is 3.59. The number of rotatable bonds is 4. The monoisotopic (exact) mass is 305 g/mol. The van der Waals surface area contributed by atoms with Crippen molar-refractivity contribution in [2.24, 2.45) is 0 Å². The van der Waals surface area contributed by atoms with Crippen molar-refractivity contribution in [3.05, 3.63) is 63.4 Å². The lowest BCUT2D eigenvalue weighted by Gasteiger charge is -2.16. The number of hydrogen-bond donors (Lipinski definition) is 1. The van der Waals surface area contributed by atoms with Gasteiger partial charge in [0, 0.05) is 34.4 Å². The number of pyridine rings is 1. The van der Waals surface area contributed by atoms with E-state index in [0.29, 0.717) is 22.3 Å². The SMILES string of the molecule is CC(NCc1cccnc1C#N)c1ccc(Cl)cc1Cl. The van der Waals surface area contributed by atoms with Crippen LogP contribution in [0.25, 0.3) is 0 Å². The molecular formula is C15H13Cl2N3. The van der Waals surface area contributed by atoms with Crippen molar-refractivity contribution in [3.63, 3.8) is 0 Å². The van der Waals surface area contributed by atoms with Crippen LogP contribution in [0.4, 0.5) is 0 Å². The number of halogens is 2. The Morgan fingerprint density at radius 3 is 2.85 bits per heavy atom. The van der Waals surface area contributed by atoms with Gasteiger partial charge in [-0.25, -0.2) is 4.98 Å². The van der Waals surface area contributed by atoms with Crippen molar-refractivity contribution in [2.45, 2.75) is 19.5 Å². The lowest BCUT2D eigenvalue weighted by molar-refractivity contribution is 0.573. The van der Waals surface area contributed by atoms with Gasteiger partial charge >= 0.3 is 0 Å². The fraction of sp³-hybridized carbons (Fsp3) is 0.200. The second-order valence-corrected chi connectivity index (χ2v) is 5.23. The van der Waals surface area contributed by atoms with E-state index in [1.807, 2.05) is 31.2 Å². The van der Waals surface area contributed by atoms with Gasteiger partial charge in [-0.15, -0.1) is 0 Å². The van der Waals surface area contributed by atoms with Gasteiger partial charge in [-0.2, -0.15) is 5.26 Å². The van der Waals surface area contributed by atoms with E-state index in [0.717, 1.165) is 11.1 Å². The van der Waals surface area contributed by atoms with Crippen LogP contribution in [-0.4, -0.2) is 4.98 Å². The first-order chi connectivity index (χ1) is 9.61. The number of nitrogens with zero attached hydrogens (tertiary/aromatic N) is 2. The van der Waals surface area contributed by atoms with Crippen LogP contribution in [0.15, 0.2) is 36.5 Å². The molecule has 3 nitrogen and oxygen atoms in total. The normalized spacial score (nSPS) is 11.9. The van der Waals surface area contributed by atoms with Crippen molar-refractivity contribution in [2.75, 3.05) is 0 Å². The first-order valence-electron chi connectivity index (χ1n) is 6.14. The standard InChI is InChI=1S/C15H13Cl2N3/c1-10(13-5-4-12(16)7-14(13)17)20-9-11-3-2-6-19-15(11)8-18/h2-7,10,20H,9H2,1H3. The highest BCUT2D eigenvalue weighted by Crippen LogP contribution is 2.26. The summed E-state index contributed by atoms with van der Waals surface area (Å²) in [5.41, 5.74) is 2.28. The molecule has 1 aromatic heterocycles. The minimum Gasteiger partial charge on any atom is -0.306 e. The van der Waals surface area contributed by atoms with Crippen LogP contribution < -0.4 is 5.32 Å². The van der Waals surface area contributed by atoms with Crippen molar-refractivity contribution in [1.29, 1.82) is 5.26 Å². The Kier molecular flexibility index (Phi) is 4.97. The molecule has 0 saturated carbocycles. The zero-order chi connectivity index (χ0) is 14.5. The van der Waals surface area contributed by atoms with Crippen LogP contribution in [0.3, 0.4) is 0 Å². The molecule has 0 amide bonds. The van der Waals surface area contributed by atoms with Crippen molar-refractivity contribution in [3.8, 4) is 6.07 Å². The van der Waals surface area contributed by atoms with E-state index in [1.54, 1.807) is 12.3 Å². The third-order valence-electron chi connectivity index (χ3n) is 3.02. The van der Waals surface area contributed by atoms with Gasteiger partial charge in [0.1, 0.15) is 11.8 Å².